The number of anilines is 2. The summed E-state index contributed by atoms with van der Waals surface area (Å²) in [6.45, 7) is 3.66. The minimum Gasteiger partial charge on any atom is -0.437 e. The van der Waals surface area contributed by atoms with Crippen molar-refractivity contribution in [2.24, 2.45) is 0 Å². The van der Waals surface area contributed by atoms with Crippen molar-refractivity contribution in [3.8, 4) is 22.9 Å². The van der Waals surface area contributed by atoms with Crippen LogP contribution in [0.5, 0.6) is 11.6 Å². The molecule has 1 saturated heterocycles. The maximum absolute atomic E-state index is 12.6. The first-order chi connectivity index (χ1) is 19.6. The van der Waals surface area contributed by atoms with Crippen molar-refractivity contribution >= 4 is 32.4 Å². The van der Waals surface area contributed by atoms with E-state index in [-0.39, 0.29) is 17.6 Å². The number of alkyl halides is 3. The maximum atomic E-state index is 12.6. The smallest absolute Gasteiger partial charge is 0.390 e. The average molecular weight is 587 g/mol. The molecule has 5 rings (SSSR count). The van der Waals surface area contributed by atoms with E-state index in [4.69, 9.17) is 4.74 Å². The molecule has 0 aliphatic carbocycles. The SMILES string of the molecule is Cc1ccc2c(NS(=O)(=O)CCC(F)(F)F)cccc2c1Oc1ncccc1-c1ccnc(NC2CCCNC2)n1. The number of rotatable bonds is 9. The van der Waals surface area contributed by atoms with Crippen LogP contribution in [-0.2, 0) is 10.0 Å². The van der Waals surface area contributed by atoms with E-state index in [9.17, 15) is 21.6 Å². The maximum Gasteiger partial charge on any atom is 0.390 e. The molecule has 216 valence electrons. The van der Waals surface area contributed by atoms with Crippen LogP contribution in [-0.4, -0.2) is 54.4 Å². The molecular formula is C28H29F3N6O3S. The van der Waals surface area contributed by atoms with Crippen LogP contribution in [0, 0.1) is 6.92 Å². The van der Waals surface area contributed by atoms with Crippen LogP contribution in [0.3, 0.4) is 0 Å². The number of fused-ring (bicyclic) bond motifs is 1. The lowest BCUT2D eigenvalue weighted by Gasteiger charge is -2.23. The van der Waals surface area contributed by atoms with Crippen LogP contribution < -0.4 is 20.1 Å². The Kier molecular flexibility index (Phi) is 8.27. The Morgan fingerprint density at radius 2 is 1.90 bits per heavy atom. The molecule has 1 unspecified atom stereocenters. The van der Waals surface area contributed by atoms with Gasteiger partial charge >= 0.3 is 6.18 Å². The van der Waals surface area contributed by atoms with Crippen LogP contribution in [0.4, 0.5) is 24.8 Å². The number of hydrogen-bond acceptors (Lipinski definition) is 8. The van der Waals surface area contributed by atoms with E-state index in [1.165, 1.54) is 6.07 Å². The Bertz CT molecular complexity index is 1640. The lowest BCUT2D eigenvalue weighted by atomic mass is 10.0. The van der Waals surface area contributed by atoms with Gasteiger partial charge in [-0.15, -0.1) is 0 Å². The first-order valence-electron chi connectivity index (χ1n) is 13.1. The normalized spacial score (nSPS) is 16.0. The van der Waals surface area contributed by atoms with Crippen molar-refractivity contribution in [1.29, 1.82) is 0 Å². The Morgan fingerprint density at radius 3 is 2.68 bits per heavy atom. The predicted molar refractivity (Wildman–Crippen MR) is 152 cm³/mol. The number of ether oxygens (including phenoxy) is 1. The van der Waals surface area contributed by atoms with Gasteiger partial charge in [0, 0.05) is 35.8 Å². The molecular weight excluding hydrogens is 557 g/mol. The standard InChI is InChI=1S/C28H29F3N6O3S/c1-18-9-10-20-21(6-2-8-24(20)37-41(38,39)16-12-28(29,30)31)25(18)40-26-22(7-4-14-33-26)23-11-15-34-27(36-23)35-19-5-3-13-32-17-19/h2,4,6-11,14-15,19,32,37H,3,5,12-13,16-17H2,1H3,(H,34,35,36). The van der Waals surface area contributed by atoms with E-state index in [0.717, 1.165) is 31.5 Å². The molecule has 9 nitrogen and oxygen atoms in total. The fourth-order valence-corrected chi connectivity index (χ4v) is 5.75. The van der Waals surface area contributed by atoms with Crippen LogP contribution in [0.1, 0.15) is 24.8 Å². The first kappa shape index (κ1) is 28.6. The van der Waals surface area contributed by atoms with Gasteiger partial charge in [0.25, 0.3) is 0 Å². The van der Waals surface area contributed by atoms with Gasteiger partial charge < -0.3 is 15.4 Å². The van der Waals surface area contributed by atoms with Gasteiger partial charge in [-0.2, -0.15) is 13.2 Å². The summed E-state index contributed by atoms with van der Waals surface area (Å²) in [4.78, 5) is 13.5. The summed E-state index contributed by atoms with van der Waals surface area (Å²) in [5.41, 5.74) is 2.13. The Morgan fingerprint density at radius 1 is 1.05 bits per heavy atom. The minimum absolute atomic E-state index is 0.152. The van der Waals surface area contributed by atoms with Crippen molar-refractivity contribution in [3.05, 3.63) is 66.5 Å². The van der Waals surface area contributed by atoms with E-state index < -0.39 is 28.4 Å². The van der Waals surface area contributed by atoms with E-state index in [1.807, 2.05) is 13.0 Å². The highest BCUT2D eigenvalue weighted by atomic mass is 32.2. The monoisotopic (exact) mass is 586 g/mol. The predicted octanol–water partition coefficient (Wildman–Crippen LogP) is 5.65. The minimum atomic E-state index is -4.58. The summed E-state index contributed by atoms with van der Waals surface area (Å²) in [5, 5.41) is 7.76. The van der Waals surface area contributed by atoms with E-state index in [1.54, 1.807) is 48.8 Å². The summed E-state index contributed by atoms with van der Waals surface area (Å²) < 4.78 is 71.4. The summed E-state index contributed by atoms with van der Waals surface area (Å²) in [6.07, 6.45) is -0.687. The van der Waals surface area contributed by atoms with Crippen molar-refractivity contribution in [2.75, 3.05) is 28.9 Å². The summed E-state index contributed by atoms with van der Waals surface area (Å²) in [6, 6.07) is 13.9. The molecule has 13 heteroatoms. The van der Waals surface area contributed by atoms with Gasteiger partial charge in [0.05, 0.1) is 29.1 Å². The zero-order valence-corrected chi connectivity index (χ0v) is 23.0. The number of halogens is 3. The number of sulfonamides is 1. The molecule has 1 aliphatic rings. The molecule has 3 heterocycles. The molecule has 41 heavy (non-hydrogen) atoms. The Hall–Kier alpha value is -3.97. The van der Waals surface area contributed by atoms with Crippen molar-refractivity contribution < 1.29 is 26.3 Å². The van der Waals surface area contributed by atoms with Crippen LogP contribution in [0.2, 0.25) is 0 Å². The quantitative estimate of drug-likeness (QED) is 0.230. The van der Waals surface area contributed by atoms with Gasteiger partial charge in [-0.3, -0.25) is 4.72 Å². The largest absolute Gasteiger partial charge is 0.437 e. The highest BCUT2D eigenvalue weighted by Crippen LogP contribution is 2.39. The topological polar surface area (TPSA) is 118 Å². The summed E-state index contributed by atoms with van der Waals surface area (Å²) in [7, 11) is -4.25. The van der Waals surface area contributed by atoms with Crippen molar-refractivity contribution in [2.45, 2.75) is 38.4 Å². The highest BCUT2D eigenvalue weighted by Gasteiger charge is 2.30. The number of aromatic nitrogens is 3. The van der Waals surface area contributed by atoms with Gasteiger partial charge in [0.2, 0.25) is 21.9 Å². The van der Waals surface area contributed by atoms with E-state index >= 15 is 0 Å². The third-order valence-corrected chi connectivity index (χ3v) is 7.93. The Labute approximate surface area is 235 Å². The van der Waals surface area contributed by atoms with Crippen molar-refractivity contribution in [3.63, 3.8) is 0 Å². The van der Waals surface area contributed by atoms with Crippen LogP contribution in [0.25, 0.3) is 22.0 Å². The molecule has 1 atom stereocenters. The molecule has 0 bridgehead atoms. The number of nitrogens with zero attached hydrogens (tertiary/aromatic N) is 3. The molecule has 0 saturated carbocycles. The number of aryl methyl sites for hydroxylation is 1. The molecule has 3 N–H and O–H groups in total. The number of piperidine rings is 1. The third-order valence-electron chi connectivity index (χ3n) is 6.66. The molecule has 4 aromatic rings. The molecule has 2 aromatic heterocycles. The summed E-state index contributed by atoms with van der Waals surface area (Å²) >= 11 is 0. The fourth-order valence-electron chi connectivity index (χ4n) is 4.63. The molecule has 0 spiro atoms. The molecule has 0 radical (unpaired) electrons. The second-order valence-electron chi connectivity index (χ2n) is 9.81. The Balaban J connectivity index is 1.45. The molecule has 1 fully saturated rings. The van der Waals surface area contributed by atoms with Crippen LogP contribution in [0.15, 0.2) is 60.9 Å². The number of hydrogen-bond donors (Lipinski definition) is 3. The second kappa shape index (κ2) is 11.9. The fraction of sp³-hybridized carbons (Fsp3) is 0.321. The molecule has 1 aliphatic heterocycles. The zero-order valence-electron chi connectivity index (χ0n) is 22.2. The first-order valence-corrected chi connectivity index (χ1v) is 14.8. The number of nitrogens with one attached hydrogen (secondary N) is 3. The van der Waals surface area contributed by atoms with Gasteiger partial charge in [-0.05, 0) is 56.1 Å². The number of benzene rings is 2. The van der Waals surface area contributed by atoms with Crippen molar-refractivity contribution in [1.82, 2.24) is 20.3 Å². The van der Waals surface area contributed by atoms with Gasteiger partial charge in [0.15, 0.2) is 0 Å². The lowest BCUT2D eigenvalue weighted by molar-refractivity contribution is -0.129. The van der Waals surface area contributed by atoms with Gasteiger partial charge in [0.1, 0.15) is 5.75 Å². The van der Waals surface area contributed by atoms with E-state index in [2.05, 4.69) is 30.3 Å². The van der Waals surface area contributed by atoms with Gasteiger partial charge in [-0.25, -0.2) is 23.4 Å². The number of pyridine rings is 1. The highest BCUT2D eigenvalue weighted by molar-refractivity contribution is 7.92. The van der Waals surface area contributed by atoms with Gasteiger partial charge in [-0.1, -0.05) is 24.3 Å². The second-order valence-corrected chi connectivity index (χ2v) is 11.7. The molecule has 2 aromatic carbocycles. The summed E-state index contributed by atoms with van der Waals surface area (Å²) in [5.74, 6) is 0.129. The lowest BCUT2D eigenvalue weighted by Crippen LogP contribution is -2.38. The third kappa shape index (κ3) is 7.22. The average Bonchev–Trinajstić information content (AvgIpc) is 2.94. The van der Waals surface area contributed by atoms with Crippen LogP contribution >= 0.6 is 0 Å². The zero-order chi connectivity index (χ0) is 29.0. The van der Waals surface area contributed by atoms with E-state index in [0.29, 0.717) is 33.7 Å². The molecule has 0 amide bonds.